The Balaban J connectivity index is 0.00000243. The van der Waals surface area contributed by atoms with Crippen LogP contribution >= 0.6 is 12.4 Å². The third-order valence-corrected chi connectivity index (χ3v) is 4.99. The molecule has 5 nitrogen and oxygen atoms in total. The van der Waals surface area contributed by atoms with E-state index in [1.807, 2.05) is 30.3 Å². The first-order valence-corrected chi connectivity index (χ1v) is 8.76. The number of carbonyl (C=O) groups is 1. The van der Waals surface area contributed by atoms with Gasteiger partial charge in [-0.15, -0.1) is 12.4 Å². The molecule has 1 N–H and O–H groups in total. The van der Waals surface area contributed by atoms with Crippen LogP contribution in [0.25, 0.3) is 0 Å². The van der Waals surface area contributed by atoms with Crippen molar-refractivity contribution in [3.05, 3.63) is 53.6 Å². The number of amides is 1. The van der Waals surface area contributed by atoms with Crippen molar-refractivity contribution in [1.82, 2.24) is 20.0 Å². The van der Waals surface area contributed by atoms with Crippen molar-refractivity contribution in [2.45, 2.75) is 25.3 Å². The van der Waals surface area contributed by atoms with E-state index in [1.54, 1.807) is 24.0 Å². The molecule has 2 heterocycles. The fraction of sp³-hybridized carbons (Fsp3) is 0.474. The van der Waals surface area contributed by atoms with E-state index in [0.717, 1.165) is 43.5 Å². The van der Waals surface area contributed by atoms with Crippen molar-refractivity contribution in [3.8, 4) is 0 Å². The molecule has 1 aliphatic rings. The zero-order valence-electron chi connectivity index (χ0n) is 15.2. The lowest BCUT2D eigenvalue weighted by Gasteiger charge is -2.34. The standard InChI is InChI=1S/C19H25FN4O.ClH/c1-21-18(16-12-22-23(2)13-16)19(25)24-9-7-14(8-10-24)11-15-5-3-4-6-17(15)20;/h3-6,12-14,18,21H,7-11H2,1-2H3;1H. The molecule has 26 heavy (non-hydrogen) atoms. The van der Waals surface area contributed by atoms with Crippen LogP contribution in [0.2, 0.25) is 0 Å². The lowest BCUT2D eigenvalue weighted by molar-refractivity contribution is -0.134. The molecule has 1 saturated heterocycles. The molecule has 0 spiro atoms. The topological polar surface area (TPSA) is 50.2 Å². The number of hydrogen-bond donors (Lipinski definition) is 1. The molecule has 1 aliphatic heterocycles. The minimum absolute atomic E-state index is 0. The molecule has 2 aromatic rings. The maximum Gasteiger partial charge on any atom is 0.244 e. The van der Waals surface area contributed by atoms with Gasteiger partial charge in [0.05, 0.1) is 6.20 Å². The van der Waals surface area contributed by atoms with Gasteiger partial charge in [-0.3, -0.25) is 9.48 Å². The zero-order valence-corrected chi connectivity index (χ0v) is 16.0. The van der Waals surface area contributed by atoms with E-state index in [0.29, 0.717) is 5.92 Å². The number of nitrogens with one attached hydrogen (secondary N) is 1. The average molecular weight is 381 g/mol. The second-order valence-corrected chi connectivity index (χ2v) is 6.73. The highest BCUT2D eigenvalue weighted by Crippen LogP contribution is 2.25. The van der Waals surface area contributed by atoms with Gasteiger partial charge >= 0.3 is 0 Å². The second-order valence-electron chi connectivity index (χ2n) is 6.73. The first kappa shape index (κ1) is 20.4. The summed E-state index contributed by atoms with van der Waals surface area (Å²) in [5.74, 6) is 0.375. The fourth-order valence-corrected chi connectivity index (χ4v) is 3.54. The molecule has 1 amide bonds. The number of piperidine rings is 1. The Kier molecular flexibility index (Phi) is 7.17. The largest absolute Gasteiger partial charge is 0.341 e. The molecule has 0 bridgehead atoms. The van der Waals surface area contributed by atoms with Crippen LogP contribution in [-0.2, 0) is 18.3 Å². The number of likely N-dealkylation sites (tertiary alicyclic amines) is 1. The molecule has 7 heteroatoms. The summed E-state index contributed by atoms with van der Waals surface area (Å²) >= 11 is 0. The molecular weight excluding hydrogens is 355 g/mol. The Morgan fingerprint density at radius 2 is 2.04 bits per heavy atom. The number of benzene rings is 1. The molecule has 1 atom stereocenters. The lowest BCUT2D eigenvalue weighted by Crippen LogP contribution is -2.44. The van der Waals surface area contributed by atoms with E-state index in [1.165, 1.54) is 6.07 Å². The van der Waals surface area contributed by atoms with E-state index >= 15 is 0 Å². The number of carbonyl (C=O) groups excluding carboxylic acids is 1. The highest BCUT2D eigenvalue weighted by Gasteiger charge is 2.29. The molecule has 1 aromatic carbocycles. The maximum absolute atomic E-state index is 13.8. The van der Waals surface area contributed by atoms with Crippen LogP contribution in [0, 0.1) is 11.7 Å². The summed E-state index contributed by atoms with van der Waals surface area (Å²) in [4.78, 5) is 14.7. The highest BCUT2D eigenvalue weighted by atomic mass is 35.5. The summed E-state index contributed by atoms with van der Waals surface area (Å²) in [5.41, 5.74) is 1.65. The Morgan fingerprint density at radius 3 is 2.62 bits per heavy atom. The van der Waals surface area contributed by atoms with Crippen LogP contribution in [0.4, 0.5) is 4.39 Å². The van der Waals surface area contributed by atoms with Crippen molar-refractivity contribution in [2.24, 2.45) is 13.0 Å². The van der Waals surface area contributed by atoms with Gasteiger partial charge in [-0.1, -0.05) is 18.2 Å². The predicted octanol–water partition coefficient (Wildman–Crippen LogP) is 2.72. The van der Waals surface area contributed by atoms with Gasteiger partial charge in [0.15, 0.2) is 0 Å². The molecule has 1 unspecified atom stereocenters. The summed E-state index contributed by atoms with van der Waals surface area (Å²) < 4.78 is 15.5. The van der Waals surface area contributed by atoms with Crippen molar-refractivity contribution < 1.29 is 9.18 Å². The van der Waals surface area contributed by atoms with E-state index < -0.39 is 0 Å². The van der Waals surface area contributed by atoms with Crippen molar-refractivity contribution in [2.75, 3.05) is 20.1 Å². The monoisotopic (exact) mass is 380 g/mol. The van der Waals surface area contributed by atoms with E-state index in [4.69, 9.17) is 0 Å². The third-order valence-electron chi connectivity index (χ3n) is 4.99. The van der Waals surface area contributed by atoms with E-state index in [-0.39, 0.29) is 30.2 Å². The summed E-state index contributed by atoms with van der Waals surface area (Å²) in [6.07, 6.45) is 6.15. The number of rotatable bonds is 5. The number of aromatic nitrogens is 2. The summed E-state index contributed by atoms with van der Waals surface area (Å²) in [6, 6.07) is 6.60. The van der Waals surface area contributed by atoms with Gasteiger partial charge in [-0.05, 0) is 43.9 Å². The van der Waals surface area contributed by atoms with Gasteiger partial charge in [0, 0.05) is 31.9 Å². The van der Waals surface area contributed by atoms with Crippen molar-refractivity contribution in [1.29, 1.82) is 0 Å². The quantitative estimate of drug-likeness (QED) is 0.867. The van der Waals surface area contributed by atoms with Crippen LogP contribution in [0.3, 0.4) is 0 Å². The number of likely N-dealkylation sites (N-methyl/N-ethyl adjacent to an activating group) is 1. The Morgan fingerprint density at radius 1 is 1.35 bits per heavy atom. The molecule has 0 radical (unpaired) electrons. The molecular formula is C19H26ClFN4O. The number of aryl methyl sites for hydroxylation is 1. The molecule has 142 valence electrons. The maximum atomic E-state index is 13.8. The van der Waals surface area contributed by atoms with Crippen LogP contribution in [0.1, 0.15) is 30.0 Å². The van der Waals surface area contributed by atoms with Crippen LogP contribution < -0.4 is 5.32 Å². The van der Waals surface area contributed by atoms with Gasteiger partial charge in [-0.25, -0.2) is 4.39 Å². The lowest BCUT2D eigenvalue weighted by atomic mass is 9.89. The first-order chi connectivity index (χ1) is 12.1. The van der Waals surface area contributed by atoms with Gasteiger partial charge in [0.2, 0.25) is 5.91 Å². The Bertz CT molecular complexity index is 728. The van der Waals surface area contributed by atoms with Crippen LogP contribution in [-0.4, -0.2) is 40.7 Å². The minimum atomic E-state index is -0.364. The summed E-state index contributed by atoms with van der Waals surface area (Å²) in [7, 11) is 3.63. The molecule has 1 aromatic heterocycles. The van der Waals surface area contributed by atoms with Crippen molar-refractivity contribution in [3.63, 3.8) is 0 Å². The summed E-state index contributed by atoms with van der Waals surface area (Å²) in [6.45, 7) is 1.44. The normalized spacial score (nSPS) is 16.2. The average Bonchev–Trinajstić information content (AvgIpc) is 3.04. The molecule has 0 saturated carbocycles. The SMILES string of the molecule is CNC(C(=O)N1CCC(Cc2ccccc2F)CC1)c1cnn(C)c1.Cl. The third kappa shape index (κ3) is 4.62. The predicted molar refractivity (Wildman–Crippen MR) is 102 cm³/mol. The zero-order chi connectivity index (χ0) is 17.8. The Labute approximate surface area is 160 Å². The molecule has 0 aliphatic carbocycles. The number of halogens is 2. The van der Waals surface area contributed by atoms with E-state index in [2.05, 4.69) is 10.4 Å². The van der Waals surface area contributed by atoms with E-state index in [9.17, 15) is 9.18 Å². The van der Waals surface area contributed by atoms with Crippen LogP contribution in [0.5, 0.6) is 0 Å². The first-order valence-electron chi connectivity index (χ1n) is 8.76. The second kappa shape index (κ2) is 9.14. The smallest absolute Gasteiger partial charge is 0.244 e. The Hall–Kier alpha value is -1.92. The van der Waals surface area contributed by atoms with Crippen LogP contribution in [0.15, 0.2) is 36.7 Å². The fourth-order valence-electron chi connectivity index (χ4n) is 3.54. The van der Waals surface area contributed by atoms with Gasteiger partial charge < -0.3 is 10.2 Å². The molecule has 3 rings (SSSR count). The van der Waals surface area contributed by atoms with Crippen molar-refractivity contribution >= 4 is 18.3 Å². The number of nitrogens with zero attached hydrogens (tertiary/aromatic N) is 3. The van der Waals surface area contributed by atoms with Gasteiger partial charge in [0.25, 0.3) is 0 Å². The summed E-state index contributed by atoms with van der Waals surface area (Å²) in [5, 5.41) is 7.24. The number of hydrogen-bond acceptors (Lipinski definition) is 3. The molecule has 1 fully saturated rings. The van der Waals surface area contributed by atoms with Gasteiger partial charge in [-0.2, -0.15) is 5.10 Å². The minimum Gasteiger partial charge on any atom is -0.341 e. The highest BCUT2D eigenvalue weighted by molar-refractivity contribution is 5.85. The van der Waals surface area contributed by atoms with Gasteiger partial charge in [0.1, 0.15) is 11.9 Å².